The van der Waals surface area contributed by atoms with Gasteiger partial charge in [-0.1, -0.05) is 37.6 Å². The summed E-state index contributed by atoms with van der Waals surface area (Å²) < 4.78 is 5.20. The van der Waals surface area contributed by atoms with E-state index in [2.05, 4.69) is 6.92 Å². The van der Waals surface area contributed by atoms with Crippen LogP contribution in [0.1, 0.15) is 25.3 Å². The number of allylic oxidation sites excluding steroid dienone is 1. The molecule has 4 heteroatoms. The molecular weight excluding hydrogens is 203 g/mol. The highest BCUT2D eigenvalue weighted by Crippen LogP contribution is 2.18. The Bertz CT molecular complexity index is 361. The van der Waals surface area contributed by atoms with Crippen molar-refractivity contribution in [1.82, 2.24) is 0 Å². The monoisotopic (exact) mass is 220 g/mol. The van der Waals surface area contributed by atoms with E-state index < -0.39 is 7.12 Å². The Labute approximate surface area is 96.5 Å². The third-order valence-corrected chi connectivity index (χ3v) is 2.30. The minimum absolute atomic E-state index is 0.469. The van der Waals surface area contributed by atoms with Gasteiger partial charge < -0.3 is 14.8 Å². The van der Waals surface area contributed by atoms with Crippen LogP contribution in [0.3, 0.4) is 0 Å². The molecule has 0 unspecified atom stereocenters. The third-order valence-electron chi connectivity index (χ3n) is 2.30. The summed E-state index contributed by atoms with van der Waals surface area (Å²) in [5.41, 5.74) is 1.33. The molecule has 0 bridgehead atoms. The predicted molar refractivity (Wildman–Crippen MR) is 66.8 cm³/mol. The highest BCUT2D eigenvalue weighted by molar-refractivity contribution is 6.58. The van der Waals surface area contributed by atoms with Gasteiger partial charge in [0.05, 0.1) is 7.11 Å². The quantitative estimate of drug-likeness (QED) is 0.732. The lowest BCUT2D eigenvalue weighted by Gasteiger charge is -2.07. The molecule has 0 aromatic heterocycles. The maximum absolute atomic E-state index is 9.07. The lowest BCUT2D eigenvalue weighted by molar-refractivity contribution is 0.413. The van der Waals surface area contributed by atoms with Crippen molar-refractivity contribution in [3.05, 3.63) is 29.8 Å². The lowest BCUT2D eigenvalue weighted by Crippen LogP contribution is -2.29. The van der Waals surface area contributed by atoms with Gasteiger partial charge in [-0.2, -0.15) is 0 Å². The number of methoxy groups -OCH3 is 1. The number of unbranched alkanes of at least 4 members (excludes halogenated alkanes) is 1. The fourth-order valence-electron chi connectivity index (χ4n) is 1.42. The van der Waals surface area contributed by atoms with Crippen LogP contribution in [0.15, 0.2) is 24.3 Å². The Morgan fingerprint density at radius 3 is 2.69 bits per heavy atom. The Kier molecular flexibility index (Phi) is 5.09. The summed E-state index contributed by atoms with van der Waals surface area (Å²) in [5, 5.41) is 18.1. The second kappa shape index (κ2) is 6.35. The van der Waals surface area contributed by atoms with Crippen molar-refractivity contribution in [2.75, 3.05) is 7.11 Å². The summed E-state index contributed by atoms with van der Waals surface area (Å²) in [7, 11) is 0.158. The van der Waals surface area contributed by atoms with E-state index in [9.17, 15) is 0 Å². The van der Waals surface area contributed by atoms with E-state index in [0.717, 1.165) is 24.2 Å². The van der Waals surface area contributed by atoms with Crippen molar-refractivity contribution in [3.8, 4) is 5.75 Å². The summed E-state index contributed by atoms with van der Waals surface area (Å²) in [6, 6.07) is 5.09. The van der Waals surface area contributed by atoms with Crippen molar-refractivity contribution in [3.63, 3.8) is 0 Å². The fourth-order valence-corrected chi connectivity index (χ4v) is 1.42. The highest BCUT2D eigenvalue weighted by Gasteiger charge is 2.12. The molecule has 2 N–H and O–H groups in total. The first-order valence-corrected chi connectivity index (χ1v) is 5.39. The maximum atomic E-state index is 9.07. The van der Waals surface area contributed by atoms with E-state index in [1.54, 1.807) is 25.3 Å². The van der Waals surface area contributed by atoms with E-state index in [1.807, 2.05) is 12.2 Å². The van der Waals surface area contributed by atoms with Crippen LogP contribution >= 0.6 is 0 Å². The predicted octanol–water partition coefficient (Wildman–Crippen LogP) is 1.19. The first-order chi connectivity index (χ1) is 7.69. The van der Waals surface area contributed by atoms with Crippen molar-refractivity contribution in [2.24, 2.45) is 0 Å². The van der Waals surface area contributed by atoms with Gasteiger partial charge in [0, 0.05) is 5.56 Å². The minimum Gasteiger partial charge on any atom is -0.496 e. The number of ether oxygens (including phenoxy) is 1. The van der Waals surface area contributed by atoms with Crippen LogP contribution in [-0.4, -0.2) is 24.3 Å². The topological polar surface area (TPSA) is 49.7 Å². The number of rotatable bonds is 5. The second-order valence-corrected chi connectivity index (χ2v) is 3.57. The first-order valence-electron chi connectivity index (χ1n) is 5.39. The number of benzene rings is 1. The lowest BCUT2D eigenvalue weighted by atomic mass is 9.79. The molecule has 0 fully saturated rings. The van der Waals surface area contributed by atoms with Crippen LogP contribution in [0.5, 0.6) is 5.75 Å². The van der Waals surface area contributed by atoms with Crippen molar-refractivity contribution in [2.45, 2.75) is 19.8 Å². The van der Waals surface area contributed by atoms with E-state index in [0.29, 0.717) is 5.46 Å². The van der Waals surface area contributed by atoms with E-state index in [-0.39, 0.29) is 0 Å². The molecule has 0 aliphatic carbocycles. The van der Waals surface area contributed by atoms with Gasteiger partial charge >= 0.3 is 7.12 Å². The summed E-state index contributed by atoms with van der Waals surface area (Å²) in [6.45, 7) is 2.11. The average Bonchev–Trinajstić information content (AvgIpc) is 2.29. The van der Waals surface area contributed by atoms with Crippen LogP contribution in [0, 0.1) is 0 Å². The Morgan fingerprint density at radius 2 is 2.12 bits per heavy atom. The Morgan fingerprint density at radius 1 is 1.38 bits per heavy atom. The van der Waals surface area contributed by atoms with Gasteiger partial charge in [0.1, 0.15) is 5.75 Å². The molecular formula is C12H17BO3. The largest absolute Gasteiger partial charge is 0.496 e. The van der Waals surface area contributed by atoms with Crippen LogP contribution < -0.4 is 10.2 Å². The molecule has 1 aromatic carbocycles. The first kappa shape index (κ1) is 12.8. The molecule has 16 heavy (non-hydrogen) atoms. The van der Waals surface area contributed by atoms with Crippen LogP contribution in [0.4, 0.5) is 0 Å². The zero-order chi connectivity index (χ0) is 12.0. The van der Waals surface area contributed by atoms with Crippen molar-refractivity contribution >= 4 is 18.7 Å². The van der Waals surface area contributed by atoms with Gasteiger partial charge in [-0.15, -0.1) is 0 Å². The van der Waals surface area contributed by atoms with E-state index in [4.69, 9.17) is 14.8 Å². The smallest absolute Gasteiger partial charge is 0.488 e. The van der Waals surface area contributed by atoms with Gasteiger partial charge in [0.25, 0.3) is 0 Å². The van der Waals surface area contributed by atoms with E-state index >= 15 is 0 Å². The maximum Gasteiger partial charge on any atom is 0.488 e. The molecule has 0 aliphatic rings. The second-order valence-electron chi connectivity index (χ2n) is 3.57. The standard InChI is InChI=1S/C12H17BO3/c1-3-4-5-6-10-9-11(13(14)15)7-8-12(10)16-2/h5-9,14-15H,3-4H2,1-2H3/b6-5+. The summed E-state index contributed by atoms with van der Waals surface area (Å²) in [4.78, 5) is 0. The van der Waals surface area contributed by atoms with E-state index in [1.165, 1.54) is 0 Å². The van der Waals surface area contributed by atoms with Crippen LogP contribution in [0.25, 0.3) is 6.08 Å². The summed E-state index contributed by atoms with van der Waals surface area (Å²) in [6.07, 6.45) is 6.07. The van der Waals surface area contributed by atoms with Crippen molar-refractivity contribution in [1.29, 1.82) is 0 Å². The summed E-state index contributed by atoms with van der Waals surface area (Å²) >= 11 is 0. The molecule has 0 radical (unpaired) electrons. The van der Waals surface area contributed by atoms with Crippen LogP contribution in [-0.2, 0) is 0 Å². The zero-order valence-electron chi connectivity index (χ0n) is 9.68. The number of hydrogen-bond acceptors (Lipinski definition) is 3. The molecule has 0 saturated carbocycles. The third kappa shape index (κ3) is 3.40. The molecule has 0 amide bonds. The summed E-state index contributed by atoms with van der Waals surface area (Å²) in [5.74, 6) is 0.733. The molecule has 1 aromatic rings. The highest BCUT2D eigenvalue weighted by atomic mass is 16.5. The Hall–Kier alpha value is -1.26. The molecule has 86 valence electrons. The normalized spacial score (nSPS) is 10.8. The Balaban J connectivity index is 2.97. The molecule has 0 spiro atoms. The SMILES string of the molecule is CCC/C=C/c1cc(B(O)O)ccc1OC. The number of hydrogen-bond donors (Lipinski definition) is 2. The minimum atomic E-state index is -1.44. The average molecular weight is 220 g/mol. The zero-order valence-corrected chi connectivity index (χ0v) is 9.68. The molecule has 0 saturated heterocycles. The van der Waals surface area contributed by atoms with Gasteiger partial charge in [-0.3, -0.25) is 0 Å². The molecule has 0 aliphatic heterocycles. The van der Waals surface area contributed by atoms with Crippen molar-refractivity contribution < 1.29 is 14.8 Å². The fraction of sp³-hybridized carbons (Fsp3) is 0.333. The molecule has 1 rings (SSSR count). The van der Waals surface area contributed by atoms with Gasteiger partial charge in [-0.25, -0.2) is 0 Å². The van der Waals surface area contributed by atoms with Crippen LogP contribution in [0.2, 0.25) is 0 Å². The molecule has 0 heterocycles. The molecule has 0 atom stereocenters. The van der Waals surface area contributed by atoms with Gasteiger partial charge in [0.15, 0.2) is 0 Å². The van der Waals surface area contributed by atoms with Gasteiger partial charge in [0.2, 0.25) is 0 Å². The van der Waals surface area contributed by atoms with Gasteiger partial charge in [-0.05, 0) is 17.9 Å². The molecule has 3 nitrogen and oxygen atoms in total.